The lowest BCUT2D eigenvalue weighted by Gasteiger charge is -2.42. The number of nitrogens with one attached hydrogen (secondary N) is 2. The van der Waals surface area contributed by atoms with Crippen LogP contribution in [0.2, 0.25) is 0 Å². The van der Waals surface area contributed by atoms with Crippen LogP contribution in [0.1, 0.15) is 48.0 Å². The van der Waals surface area contributed by atoms with Crippen LogP contribution >= 0.6 is 0 Å². The number of benzene rings is 1. The summed E-state index contributed by atoms with van der Waals surface area (Å²) in [4.78, 5) is 45.4. The second kappa shape index (κ2) is 12.8. The summed E-state index contributed by atoms with van der Waals surface area (Å²) < 4.78 is 17.2. The van der Waals surface area contributed by atoms with Gasteiger partial charge in [-0.15, -0.1) is 0 Å². The van der Waals surface area contributed by atoms with Gasteiger partial charge in [0.2, 0.25) is 11.8 Å². The van der Waals surface area contributed by atoms with E-state index in [9.17, 15) is 9.59 Å². The Morgan fingerprint density at radius 1 is 1.19 bits per heavy atom. The topological polar surface area (TPSA) is 161 Å². The number of amides is 1. The molecule has 4 N–H and O–H groups in total. The van der Waals surface area contributed by atoms with Crippen LogP contribution in [0, 0.1) is 5.92 Å². The highest BCUT2D eigenvalue weighted by Crippen LogP contribution is 2.31. The molecule has 1 aliphatic heterocycles. The minimum absolute atomic E-state index is 0.0695. The van der Waals surface area contributed by atoms with Gasteiger partial charge in [-0.25, -0.2) is 9.78 Å². The number of nitrogens with two attached hydrogens (primary N) is 1. The van der Waals surface area contributed by atoms with Crippen LogP contribution in [-0.2, 0) is 9.47 Å². The quantitative estimate of drug-likeness (QED) is 0.334. The number of ether oxygens (including phenoxy) is 3. The summed E-state index contributed by atoms with van der Waals surface area (Å²) in [5, 5.41) is 3.28. The first-order chi connectivity index (χ1) is 19.8. The number of anilines is 3. The van der Waals surface area contributed by atoms with Crippen molar-refractivity contribution in [1.82, 2.24) is 24.8 Å². The van der Waals surface area contributed by atoms with E-state index in [1.165, 1.54) is 0 Å². The number of carbonyl (C=O) groups excluding carboxylic acids is 1. The Morgan fingerprint density at radius 2 is 1.95 bits per heavy atom. The molecular weight excluding hydrogens is 540 g/mol. The van der Waals surface area contributed by atoms with Gasteiger partial charge in [-0.2, -0.15) is 9.97 Å². The highest BCUT2D eigenvalue weighted by atomic mass is 16.6. The summed E-state index contributed by atoms with van der Waals surface area (Å²) >= 11 is 0. The van der Waals surface area contributed by atoms with Gasteiger partial charge in [0.15, 0.2) is 11.6 Å². The first-order valence-electron chi connectivity index (χ1n) is 14.2. The minimum Gasteiger partial charge on any atom is -0.444 e. The number of nitrogen functional groups attached to an aromatic ring is 1. The molecule has 42 heavy (non-hydrogen) atoms. The zero-order chi connectivity index (χ0) is 30.6. The fourth-order valence-electron chi connectivity index (χ4n) is 4.87. The number of methoxy groups -OCH3 is 1. The van der Waals surface area contributed by atoms with Crippen molar-refractivity contribution in [3.8, 4) is 11.6 Å². The van der Waals surface area contributed by atoms with Crippen LogP contribution in [-0.4, -0.2) is 82.0 Å². The molecule has 1 fully saturated rings. The third-order valence-corrected chi connectivity index (χ3v) is 6.59. The molecule has 2 aromatic heterocycles. The van der Waals surface area contributed by atoms with Crippen LogP contribution in [0.25, 0.3) is 11.0 Å². The number of nitrogens with zero attached hydrogens (tertiary/aromatic N) is 5. The maximum Gasteiger partial charge on any atom is 0.410 e. The molecule has 3 aromatic rings. The van der Waals surface area contributed by atoms with E-state index in [1.54, 1.807) is 31.4 Å². The van der Waals surface area contributed by atoms with Crippen LogP contribution < -0.4 is 26.2 Å². The van der Waals surface area contributed by atoms with Gasteiger partial charge in [-0.05, 0) is 52.2 Å². The largest absolute Gasteiger partial charge is 0.444 e. The lowest BCUT2D eigenvalue weighted by atomic mass is 10.0. The van der Waals surface area contributed by atoms with Crippen molar-refractivity contribution in [3.05, 3.63) is 34.6 Å². The van der Waals surface area contributed by atoms with Gasteiger partial charge < -0.3 is 40.0 Å². The fourth-order valence-corrected chi connectivity index (χ4v) is 4.87. The van der Waals surface area contributed by atoms with E-state index in [4.69, 9.17) is 24.9 Å². The highest BCUT2D eigenvalue weighted by molar-refractivity contribution is 5.82. The Morgan fingerprint density at radius 3 is 2.64 bits per heavy atom. The fraction of sp³-hybridized carbons (Fsp3) is 0.552. The van der Waals surface area contributed by atoms with Crippen molar-refractivity contribution in [3.63, 3.8) is 0 Å². The lowest BCUT2D eigenvalue weighted by molar-refractivity contribution is 0.0119. The first kappa shape index (κ1) is 30.8. The summed E-state index contributed by atoms with van der Waals surface area (Å²) in [5.74, 6) is 1.88. The zero-order valence-electron chi connectivity index (χ0n) is 25.4. The Bertz CT molecular complexity index is 1450. The molecule has 1 saturated heterocycles. The number of carbonyl (C=O) groups is 1. The van der Waals surface area contributed by atoms with Crippen molar-refractivity contribution >= 4 is 34.7 Å². The van der Waals surface area contributed by atoms with Gasteiger partial charge in [0.05, 0.1) is 18.2 Å². The normalized spacial score (nSPS) is 16.5. The molecule has 4 rings (SSSR count). The molecule has 1 unspecified atom stereocenters. The van der Waals surface area contributed by atoms with Gasteiger partial charge >= 0.3 is 6.09 Å². The van der Waals surface area contributed by atoms with Crippen LogP contribution in [0.4, 0.5) is 22.4 Å². The number of aromatic nitrogens is 4. The van der Waals surface area contributed by atoms with Crippen molar-refractivity contribution in [1.29, 1.82) is 0 Å². The zero-order valence-corrected chi connectivity index (χ0v) is 25.4. The Kier molecular flexibility index (Phi) is 9.40. The van der Waals surface area contributed by atoms with Crippen LogP contribution in [0.3, 0.4) is 0 Å². The average Bonchev–Trinajstić information content (AvgIpc) is 2.88. The van der Waals surface area contributed by atoms with Crippen molar-refractivity contribution in [2.45, 2.75) is 65.6 Å². The molecule has 0 aliphatic carbocycles. The number of hydrogen-bond acceptors (Lipinski definition) is 11. The van der Waals surface area contributed by atoms with Gasteiger partial charge in [0, 0.05) is 38.9 Å². The van der Waals surface area contributed by atoms with E-state index >= 15 is 0 Å². The van der Waals surface area contributed by atoms with Gasteiger partial charge in [-0.1, -0.05) is 19.9 Å². The molecule has 1 aliphatic rings. The molecule has 0 spiro atoms. The van der Waals surface area contributed by atoms with E-state index in [1.807, 2.05) is 32.6 Å². The average molecular weight is 583 g/mol. The highest BCUT2D eigenvalue weighted by Gasteiger charge is 2.34. The van der Waals surface area contributed by atoms with Crippen molar-refractivity contribution < 1.29 is 19.0 Å². The molecule has 1 amide bonds. The number of fused-ring (bicyclic) bond motifs is 1. The predicted molar refractivity (Wildman–Crippen MR) is 162 cm³/mol. The lowest BCUT2D eigenvalue weighted by Crippen LogP contribution is -2.56. The molecule has 3 heterocycles. The first-order valence-corrected chi connectivity index (χ1v) is 14.2. The smallest absolute Gasteiger partial charge is 0.410 e. The molecule has 2 atom stereocenters. The number of piperazine rings is 1. The van der Waals surface area contributed by atoms with E-state index in [0.29, 0.717) is 60.7 Å². The molecule has 13 heteroatoms. The number of rotatable bonds is 9. The Labute approximate surface area is 245 Å². The Hall–Kier alpha value is -4.13. The SMILES string of the molecule is COC[C@H](C)Nc1nc(Oc2cccc3[nH]c(=O)c(N)nc23)cc(N2CCN(C(=O)OC(C)(C)C)C(CC(C)C)C2)n1. The van der Waals surface area contributed by atoms with Crippen LogP contribution in [0.15, 0.2) is 29.1 Å². The predicted octanol–water partition coefficient (Wildman–Crippen LogP) is 4.01. The van der Waals surface area contributed by atoms with Crippen molar-refractivity contribution in [2.75, 3.05) is 49.3 Å². The number of para-hydroxylation sites is 1. The summed E-state index contributed by atoms with van der Waals surface area (Å²) in [6.07, 6.45) is 0.498. The van der Waals surface area contributed by atoms with Gasteiger partial charge in [0.25, 0.3) is 5.56 Å². The minimum atomic E-state index is -0.580. The van der Waals surface area contributed by atoms with E-state index < -0.39 is 11.2 Å². The van der Waals surface area contributed by atoms with Crippen LogP contribution in [0.5, 0.6) is 11.6 Å². The maximum absolute atomic E-state index is 13.1. The maximum atomic E-state index is 13.1. The van der Waals surface area contributed by atoms with Crippen molar-refractivity contribution in [2.24, 2.45) is 5.92 Å². The van der Waals surface area contributed by atoms with Gasteiger partial charge in [0.1, 0.15) is 16.9 Å². The summed E-state index contributed by atoms with van der Waals surface area (Å²) in [7, 11) is 1.63. The molecular formula is C29H42N8O5. The molecule has 0 saturated carbocycles. The standard InChI is InChI=1S/C29H42N8O5/c1-17(2)13-19-15-36(11-12-37(19)28(39)42-29(4,5)6)22-14-23(34-27(33-22)31-18(3)16-40-7)41-21-10-8-9-20-24(21)35-25(30)26(38)32-20/h8-10,14,17-19H,11-13,15-16H2,1-7H3,(H2,30,35)(H,32,38)(H,31,33,34)/t18-,19?/m0/s1. The Balaban J connectivity index is 1.67. The molecule has 0 bridgehead atoms. The molecule has 228 valence electrons. The summed E-state index contributed by atoms with van der Waals surface area (Å²) in [6, 6.07) is 6.82. The molecule has 1 aromatic carbocycles. The van der Waals surface area contributed by atoms with E-state index in [-0.39, 0.29) is 29.9 Å². The second-order valence-corrected chi connectivity index (χ2v) is 12.0. The summed E-state index contributed by atoms with van der Waals surface area (Å²) in [5.41, 5.74) is 5.63. The third kappa shape index (κ3) is 7.78. The monoisotopic (exact) mass is 582 g/mol. The number of H-pyrrole nitrogens is 1. The third-order valence-electron chi connectivity index (χ3n) is 6.59. The number of aromatic amines is 1. The number of hydrogen-bond donors (Lipinski definition) is 3. The molecule has 13 nitrogen and oxygen atoms in total. The van der Waals surface area contributed by atoms with E-state index in [0.717, 1.165) is 6.42 Å². The van der Waals surface area contributed by atoms with E-state index in [2.05, 4.69) is 39.0 Å². The molecule has 0 radical (unpaired) electrons. The van der Waals surface area contributed by atoms with Gasteiger partial charge in [-0.3, -0.25) is 4.79 Å². The summed E-state index contributed by atoms with van der Waals surface area (Å²) in [6.45, 7) is 13.9. The second-order valence-electron chi connectivity index (χ2n) is 12.0.